The molecule has 16 heavy (non-hydrogen) atoms. The summed E-state index contributed by atoms with van der Waals surface area (Å²) in [4.78, 5) is 18.1. The summed E-state index contributed by atoms with van der Waals surface area (Å²) in [5, 5.41) is 2.74. The Morgan fingerprint density at radius 2 is 2.31 bits per heavy atom. The topological polar surface area (TPSA) is 68.5 Å². The van der Waals surface area contributed by atoms with Crippen LogP contribution in [0.2, 0.25) is 0 Å². The maximum absolute atomic E-state index is 12.0. The molecule has 88 valence electrons. The Balaban J connectivity index is 2.01. The molecule has 0 unspecified atom stereocenters. The minimum absolute atomic E-state index is 0.00261. The Kier molecular flexibility index (Phi) is 3.87. The normalized spacial score (nSPS) is 16.4. The summed E-state index contributed by atoms with van der Waals surface area (Å²) in [6.07, 6.45) is 0.737. The van der Waals surface area contributed by atoms with Crippen molar-refractivity contribution in [3.8, 4) is 0 Å². The maximum atomic E-state index is 12.0. The molecule has 1 aromatic rings. The number of thiazole rings is 1. The number of hydrogen-bond acceptors (Lipinski definition) is 5. The van der Waals surface area contributed by atoms with Crippen LogP contribution in [0.3, 0.4) is 0 Å². The molecule has 0 aromatic carbocycles. The maximum Gasteiger partial charge on any atom is 0.273 e. The van der Waals surface area contributed by atoms with E-state index in [1.807, 2.05) is 5.38 Å². The van der Waals surface area contributed by atoms with Crippen molar-refractivity contribution in [2.75, 3.05) is 32.8 Å². The Morgan fingerprint density at radius 3 is 3.00 bits per heavy atom. The van der Waals surface area contributed by atoms with Crippen molar-refractivity contribution in [3.63, 3.8) is 0 Å². The molecule has 0 spiro atoms. The zero-order chi connectivity index (χ0) is 11.4. The van der Waals surface area contributed by atoms with Gasteiger partial charge in [0.1, 0.15) is 5.69 Å². The number of rotatable bonds is 3. The van der Waals surface area contributed by atoms with E-state index in [0.29, 0.717) is 38.5 Å². The molecule has 0 bridgehead atoms. The molecule has 1 aromatic heterocycles. The Hall–Kier alpha value is -0.980. The standard InChI is InChI=1S/C10H15N3O2S/c11-2-1-9-12-8(7-16-9)10(14)13-3-5-15-6-4-13/h7H,1-6,11H2. The van der Waals surface area contributed by atoms with Gasteiger partial charge in [0.2, 0.25) is 0 Å². The molecular weight excluding hydrogens is 226 g/mol. The van der Waals surface area contributed by atoms with E-state index in [1.165, 1.54) is 11.3 Å². The lowest BCUT2D eigenvalue weighted by Gasteiger charge is -2.25. The lowest BCUT2D eigenvalue weighted by molar-refractivity contribution is 0.0299. The second-order valence-electron chi connectivity index (χ2n) is 3.57. The van der Waals surface area contributed by atoms with E-state index >= 15 is 0 Å². The number of carbonyl (C=O) groups is 1. The molecule has 2 N–H and O–H groups in total. The van der Waals surface area contributed by atoms with Gasteiger partial charge in [-0.05, 0) is 6.54 Å². The van der Waals surface area contributed by atoms with Crippen molar-refractivity contribution in [1.82, 2.24) is 9.88 Å². The molecule has 2 rings (SSSR count). The molecule has 2 heterocycles. The van der Waals surface area contributed by atoms with Crippen LogP contribution in [0.15, 0.2) is 5.38 Å². The minimum Gasteiger partial charge on any atom is -0.378 e. The Bertz CT molecular complexity index is 361. The summed E-state index contributed by atoms with van der Waals surface area (Å²) in [5.41, 5.74) is 5.98. The van der Waals surface area contributed by atoms with Crippen LogP contribution in [0.25, 0.3) is 0 Å². The van der Waals surface area contributed by atoms with Crippen LogP contribution in [0.5, 0.6) is 0 Å². The van der Waals surface area contributed by atoms with E-state index in [2.05, 4.69) is 4.98 Å². The second-order valence-corrected chi connectivity index (χ2v) is 4.51. The molecule has 1 fully saturated rings. The molecule has 0 radical (unpaired) electrons. The van der Waals surface area contributed by atoms with Crippen molar-refractivity contribution in [1.29, 1.82) is 0 Å². The molecular formula is C10H15N3O2S. The molecule has 5 nitrogen and oxygen atoms in total. The number of ether oxygens (including phenoxy) is 1. The number of carbonyl (C=O) groups excluding carboxylic acids is 1. The molecule has 0 aliphatic carbocycles. The highest BCUT2D eigenvalue weighted by atomic mass is 32.1. The molecule has 1 aliphatic rings. The van der Waals surface area contributed by atoms with Gasteiger partial charge in [-0.25, -0.2) is 4.98 Å². The third-order valence-corrected chi connectivity index (χ3v) is 3.34. The van der Waals surface area contributed by atoms with E-state index in [-0.39, 0.29) is 5.91 Å². The third kappa shape index (κ3) is 2.58. The van der Waals surface area contributed by atoms with Crippen molar-refractivity contribution in [2.45, 2.75) is 6.42 Å². The summed E-state index contributed by atoms with van der Waals surface area (Å²) in [7, 11) is 0. The van der Waals surface area contributed by atoms with Crippen LogP contribution in [0.4, 0.5) is 0 Å². The summed E-state index contributed by atoms with van der Waals surface area (Å²) in [6, 6.07) is 0. The van der Waals surface area contributed by atoms with Gasteiger partial charge in [0.15, 0.2) is 0 Å². The summed E-state index contributed by atoms with van der Waals surface area (Å²) < 4.78 is 5.20. The number of aromatic nitrogens is 1. The van der Waals surface area contributed by atoms with Gasteiger partial charge in [-0.1, -0.05) is 0 Å². The zero-order valence-electron chi connectivity index (χ0n) is 9.02. The number of nitrogens with zero attached hydrogens (tertiary/aromatic N) is 2. The fourth-order valence-corrected chi connectivity index (χ4v) is 2.36. The average Bonchev–Trinajstić information content (AvgIpc) is 2.78. The van der Waals surface area contributed by atoms with Crippen LogP contribution < -0.4 is 5.73 Å². The van der Waals surface area contributed by atoms with Gasteiger partial charge in [-0.15, -0.1) is 11.3 Å². The van der Waals surface area contributed by atoms with Gasteiger partial charge in [-0.3, -0.25) is 4.79 Å². The van der Waals surface area contributed by atoms with Crippen LogP contribution in [0, 0.1) is 0 Å². The first-order valence-corrected chi connectivity index (χ1v) is 6.20. The zero-order valence-corrected chi connectivity index (χ0v) is 9.83. The van der Waals surface area contributed by atoms with Crippen LogP contribution in [0.1, 0.15) is 15.5 Å². The summed E-state index contributed by atoms with van der Waals surface area (Å²) in [5.74, 6) is 0.00261. The fourth-order valence-electron chi connectivity index (χ4n) is 1.58. The Labute approximate surface area is 98.2 Å². The largest absolute Gasteiger partial charge is 0.378 e. The second kappa shape index (κ2) is 5.38. The molecule has 1 aliphatic heterocycles. The van der Waals surface area contributed by atoms with E-state index in [1.54, 1.807) is 4.90 Å². The van der Waals surface area contributed by atoms with Crippen molar-refractivity contribution in [3.05, 3.63) is 16.1 Å². The lowest BCUT2D eigenvalue weighted by Crippen LogP contribution is -2.40. The highest BCUT2D eigenvalue weighted by Crippen LogP contribution is 2.13. The predicted octanol–water partition coefficient (Wildman–Crippen LogP) is 0.117. The lowest BCUT2D eigenvalue weighted by atomic mass is 10.3. The quantitative estimate of drug-likeness (QED) is 0.816. The molecule has 0 atom stereocenters. The first-order chi connectivity index (χ1) is 7.81. The molecule has 1 amide bonds. The van der Waals surface area contributed by atoms with Crippen LogP contribution in [-0.4, -0.2) is 48.6 Å². The van der Waals surface area contributed by atoms with Crippen LogP contribution >= 0.6 is 11.3 Å². The van der Waals surface area contributed by atoms with E-state index in [0.717, 1.165) is 11.4 Å². The third-order valence-electron chi connectivity index (χ3n) is 2.43. The number of amides is 1. The highest BCUT2D eigenvalue weighted by molar-refractivity contribution is 7.09. The number of hydrogen-bond donors (Lipinski definition) is 1. The van der Waals surface area contributed by atoms with Crippen LogP contribution in [-0.2, 0) is 11.2 Å². The summed E-state index contributed by atoms with van der Waals surface area (Å²) in [6.45, 7) is 3.11. The monoisotopic (exact) mass is 241 g/mol. The Morgan fingerprint density at radius 1 is 1.56 bits per heavy atom. The first-order valence-electron chi connectivity index (χ1n) is 5.33. The highest BCUT2D eigenvalue weighted by Gasteiger charge is 2.20. The van der Waals surface area contributed by atoms with Gasteiger partial charge >= 0.3 is 0 Å². The predicted molar refractivity (Wildman–Crippen MR) is 61.6 cm³/mol. The molecule has 6 heteroatoms. The molecule has 0 saturated carbocycles. The minimum atomic E-state index is 0.00261. The van der Waals surface area contributed by atoms with Gasteiger partial charge in [0.25, 0.3) is 5.91 Å². The SMILES string of the molecule is NCCc1nc(C(=O)N2CCOCC2)cs1. The molecule has 1 saturated heterocycles. The average molecular weight is 241 g/mol. The van der Waals surface area contributed by atoms with Gasteiger partial charge < -0.3 is 15.4 Å². The summed E-state index contributed by atoms with van der Waals surface area (Å²) >= 11 is 1.50. The van der Waals surface area contributed by atoms with E-state index in [4.69, 9.17) is 10.5 Å². The smallest absolute Gasteiger partial charge is 0.273 e. The van der Waals surface area contributed by atoms with Crippen molar-refractivity contribution < 1.29 is 9.53 Å². The van der Waals surface area contributed by atoms with Gasteiger partial charge in [0.05, 0.1) is 18.2 Å². The van der Waals surface area contributed by atoms with E-state index in [9.17, 15) is 4.79 Å². The van der Waals surface area contributed by atoms with Gasteiger partial charge in [0, 0.05) is 24.9 Å². The number of nitrogens with two attached hydrogens (primary N) is 1. The number of morpholine rings is 1. The van der Waals surface area contributed by atoms with Gasteiger partial charge in [-0.2, -0.15) is 0 Å². The van der Waals surface area contributed by atoms with E-state index < -0.39 is 0 Å². The fraction of sp³-hybridized carbons (Fsp3) is 0.600. The van der Waals surface area contributed by atoms with Crippen molar-refractivity contribution >= 4 is 17.2 Å². The van der Waals surface area contributed by atoms with Crippen molar-refractivity contribution in [2.24, 2.45) is 5.73 Å². The first kappa shape index (κ1) is 11.5.